The predicted octanol–water partition coefficient (Wildman–Crippen LogP) is 6.26. The Morgan fingerprint density at radius 3 is 2.30 bits per heavy atom. The van der Waals surface area contributed by atoms with E-state index in [1.807, 2.05) is 0 Å². The molecule has 0 spiro atoms. The molecule has 2 aromatic carbocycles. The number of nitrogens with zero attached hydrogens (tertiary/aromatic N) is 2. The van der Waals surface area contributed by atoms with Crippen LogP contribution in [0.1, 0.15) is 23.3 Å². The molecule has 3 aromatic rings. The predicted molar refractivity (Wildman–Crippen MR) is 168 cm³/mol. The second kappa shape index (κ2) is 11.1. The molecule has 258 valence electrons. The van der Waals surface area contributed by atoms with Crippen molar-refractivity contribution < 1.29 is 51.0 Å². The fourth-order valence-electron chi connectivity index (χ4n) is 8.16. The van der Waals surface area contributed by atoms with Gasteiger partial charge in [0.2, 0.25) is 17.6 Å². The molecule has 1 aromatic heterocycles. The number of rotatable bonds is 4. The summed E-state index contributed by atoms with van der Waals surface area (Å²) in [6.45, 7) is -0.00993. The van der Waals surface area contributed by atoms with Crippen molar-refractivity contribution in [2.45, 2.75) is 35.6 Å². The lowest BCUT2D eigenvalue weighted by atomic mass is 9.56. The highest BCUT2D eigenvalue weighted by Crippen LogP contribution is 2.65. The number of phenolic OH excluding ortho intramolecular Hbond substituents is 1. The van der Waals surface area contributed by atoms with Crippen molar-refractivity contribution in [2.75, 3.05) is 4.90 Å². The van der Waals surface area contributed by atoms with Gasteiger partial charge in [-0.25, -0.2) is 26.9 Å². The first kappa shape index (κ1) is 32.9. The Labute approximate surface area is 293 Å². The fraction of sp³-hybridized carbons (Fsp3) is 0.294. The molecular formula is C34H21Cl2F5N2O6S. The molecule has 50 heavy (non-hydrogen) atoms. The summed E-state index contributed by atoms with van der Waals surface area (Å²) in [4.78, 5) is 52.8. The van der Waals surface area contributed by atoms with Crippen molar-refractivity contribution in [2.24, 2.45) is 23.7 Å². The van der Waals surface area contributed by atoms with Gasteiger partial charge in [-0.3, -0.25) is 24.1 Å². The molecule has 8 nitrogen and oxygen atoms in total. The summed E-state index contributed by atoms with van der Waals surface area (Å²) in [7, 11) is 0. The zero-order chi connectivity index (χ0) is 35.6. The average Bonchev–Trinajstić information content (AvgIpc) is 3.74. The summed E-state index contributed by atoms with van der Waals surface area (Å²) in [5.74, 6) is -20.7. The molecule has 0 radical (unpaired) electrons. The number of anilines is 1. The number of carbonyl (C=O) groups excluding carboxylic acids is 4. The minimum Gasteiger partial charge on any atom is -0.508 e. The first-order valence-corrected chi connectivity index (χ1v) is 16.9. The zero-order valence-corrected chi connectivity index (χ0v) is 27.5. The number of ether oxygens (including phenoxy) is 1. The molecule has 2 aliphatic carbocycles. The van der Waals surface area contributed by atoms with E-state index in [2.05, 4.69) is 0 Å². The Morgan fingerprint density at radius 2 is 1.62 bits per heavy atom. The topological polar surface area (TPSA) is 104 Å². The minimum absolute atomic E-state index is 0.00993. The second-order valence-corrected chi connectivity index (χ2v) is 15.1. The number of likely N-dealkylation sites (tertiary alicyclic amines) is 1. The summed E-state index contributed by atoms with van der Waals surface area (Å²) in [6, 6.07) is 7.75. The van der Waals surface area contributed by atoms with Crippen LogP contribution in [0.15, 0.2) is 59.2 Å². The minimum atomic E-state index is -2.66. The first-order chi connectivity index (χ1) is 23.7. The van der Waals surface area contributed by atoms with Crippen molar-refractivity contribution in [3.8, 4) is 11.5 Å². The van der Waals surface area contributed by atoms with E-state index in [1.54, 1.807) is 23.6 Å². The van der Waals surface area contributed by atoms with E-state index in [0.29, 0.717) is 16.9 Å². The quantitative estimate of drug-likeness (QED) is 0.0844. The van der Waals surface area contributed by atoms with Crippen molar-refractivity contribution in [1.82, 2.24) is 4.90 Å². The third-order valence-corrected chi connectivity index (χ3v) is 12.6. The molecule has 5 aliphatic rings. The summed E-state index contributed by atoms with van der Waals surface area (Å²) in [6.07, 6.45) is 2.22. The van der Waals surface area contributed by atoms with E-state index in [4.69, 9.17) is 27.9 Å². The van der Waals surface area contributed by atoms with Gasteiger partial charge in [-0.1, -0.05) is 17.7 Å². The summed E-state index contributed by atoms with van der Waals surface area (Å²) >= 11 is 15.7. The van der Waals surface area contributed by atoms with Gasteiger partial charge in [0.1, 0.15) is 17.2 Å². The highest BCUT2D eigenvalue weighted by atomic mass is 35.5. The number of imide groups is 2. The van der Waals surface area contributed by atoms with E-state index in [0.717, 1.165) is 9.78 Å². The number of halogens is 7. The van der Waals surface area contributed by atoms with Crippen LogP contribution in [-0.4, -0.2) is 43.4 Å². The van der Waals surface area contributed by atoms with Crippen molar-refractivity contribution >= 4 is 63.9 Å². The summed E-state index contributed by atoms with van der Waals surface area (Å²) in [5.41, 5.74) is -0.916. The molecule has 3 fully saturated rings. The van der Waals surface area contributed by atoms with Gasteiger partial charge < -0.3 is 9.84 Å². The number of amides is 4. The molecule has 1 N–H and O–H groups in total. The maximum Gasteiger partial charge on any atom is 0.258 e. The van der Waals surface area contributed by atoms with Crippen LogP contribution in [0.2, 0.25) is 0 Å². The monoisotopic (exact) mass is 750 g/mol. The van der Waals surface area contributed by atoms with Crippen LogP contribution >= 0.6 is 34.5 Å². The number of thiophene rings is 1. The Balaban J connectivity index is 1.30. The lowest BCUT2D eigenvalue weighted by Crippen LogP contribution is -2.61. The number of alkyl halides is 2. The number of benzene rings is 2. The molecule has 3 aliphatic heterocycles. The third-order valence-electron chi connectivity index (χ3n) is 10.4. The number of aromatic hydroxyl groups is 1. The number of fused-ring (bicyclic) bond motifs is 5. The molecule has 2 saturated heterocycles. The van der Waals surface area contributed by atoms with Gasteiger partial charge >= 0.3 is 0 Å². The summed E-state index contributed by atoms with van der Waals surface area (Å²) < 4.78 is 79.2. The lowest BCUT2D eigenvalue weighted by molar-refractivity contribution is -0.141. The second-order valence-electron chi connectivity index (χ2n) is 12.8. The Morgan fingerprint density at radius 1 is 0.920 bits per heavy atom. The van der Waals surface area contributed by atoms with Crippen LogP contribution < -0.4 is 9.64 Å². The van der Waals surface area contributed by atoms with Crippen molar-refractivity contribution in [3.63, 3.8) is 0 Å². The average molecular weight is 752 g/mol. The SMILES string of the molecule is O=C1[C@H]2[C@H](CC=C3[C@H](C4=COc5ccc(O)cc5C4)[C@]4(Cl)C(=O)N(c5c(F)c(F)c(F)c(F)c5F)C(=O)[C@]4(Cl)C[C@H]32)C(=O)N1Cc1cccs1. The van der Waals surface area contributed by atoms with Crippen LogP contribution in [0, 0.1) is 52.8 Å². The fourth-order valence-corrected chi connectivity index (χ4v) is 9.80. The van der Waals surface area contributed by atoms with Crippen LogP contribution in [0.4, 0.5) is 27.6 Å². The molecule has 0 bridgehead atoms. The van der Waals surface area contributed by atoms with E-state index < -0.39 is 98.2 Å². The lowest BCUT2D eigenvalue weighted by Gasteiger charge is -2.51. The van der Waals surface area contributed by atoms with Crippen LogP contribution in [0.5, 0.6) is 11.5 Å². The Kier molecular flexibility index (Phi) is 7.31. The number of hydrogen-bond acceptors (Lipinski definition) is 7. The molecule has 1 saturated carbocycles. The number of phenols is 1. The van der Waals surface area contributed by atoms with Crippen LogP contribution in [0.25, 0.3) is 0 Å². The van der Waals surface area contributed by atoms with Gasteiger partial charge in [0, 0.05) is 22.8 Å². The van der Waals surface area contributed by atoms with Gasteiger partial charge in [0.25, 0.3) is 11.8 Å². The highest BCUT2D eigenvalue weighted by molar-refractivity contribution is 7.09. The molecule has 16 heteroatoms. The maximum absolute atomic E-state index is 15.2. The van der Waals surface area contributed by atoms with Crippen LogP contribution in [0.3, 0.4) is 0 Å². The zero-order valence-electron chi connectivity index (χ0n) is 25.2. The maximum atomic E-state index is 15.2. The molecule has 4 heterocycles. The van der Waals surface area contributed by atoms with Gasteiger partial charge in [0.05, 0.1) is 24.6 Å². The van der Waals surface area contributed by atoms with Gasteiger partial charge in [-0.15, -0.1) is 34.5 Å². The van der Waals surface area contributed by atoms with Gasteiger partial charge in [-0.2, -0.15) is 0 Å². The van der Waals surface area contributed by atoms with E-state index in [1.165, 1.54) is 35.8 Å². The van der Waals surface area contributed by atoms with Crippen molar-refractivity contribution in [1.29, 1.82) is 0 Å². The van der Waals surface area contributed by atoms with E-state index >= 15 is 8.78 Å². The molecule has 0 unspecified atom stereocenters. The Bertz CT molecular complexity index is 2120. The number of carbonyl (C=O) groups is 4. The van der Waals surface area contributed by atoms with Crippen LogP contribution in [-0.2, 0) is 32.1 Å². The summed E-state index contributed by atoms with van der Waals surface area (Å²) in [5, 5.41) is 12.0. The first-order valence-electron chi connectivity index (χ1n) is 15.2. The van der Waals surface area contributed by atoms with E-state index in [-0.39, 0.29) is 35.6 Å². The standard InChI is InChI=1S/C34H21Cl2F5N2O6S/c35-33-10-19-17(4-5-18-21(19)30(46)42(29(18)45)11-16-2-1-7-50-16)22(14-8-13-9-15(44)3-6-20(13)49-12-14)34(33,36)32(48)43(31(33)47)28-26(40)24(38)23(37)25(39)27(28)41/h1-4,6-7,9,12,18-19,21-22,44H,5,8,10-11H2/t18-,19+,21-,22-,33+,34-/m0/s1. The third kappa shape index (κ3) is 4.21. The highest BCUT2D eigenvalue weighted by Gasteiger charge is 2.77. The number of allylic oxidation sites excluding steroid dienone is 3. The van der Waals surface area contributed by atoms with Crippen molar-refractivity contribution in [3.05, 3.63) is 98.7 Å². The van der Waals surface area contributed by atoms with Gasteiger partial charge in [-0.05, 0) is 54.0 Å². The molecular weight excluding hydrogens is 730 g/mol. The smallest absolute Gasteiger partial charge is 0.258 e. The number of hydrogen-bond donors (Lipinski definition) is 1. The normalized spacial score (nSPS) is 30.1. The van der Waals surface area contributed by atoms with Gasteiger partial charge in [0.15, 0.2) is 33.0 Å². The molecule has 4 amide bonds. The molecule has 6 atom stereocenters. The van der Waals surface area contributed by atoms with E-state index in [9.17, 15) is 37.5 Å². The largest absolute Gasteiger partial charge is 0.508 e. The molecule has 8 rings (SSSR count). The Hall–Kier alpha value is -4.27.